The van der Waals surface area contributed by atoms with E-state index in [1.165, 1.54) is 44.9 Å². The minimum Gasteiger partial charge on any atom is -0.0746 e. The molecule has 72 valence electrons. The van der Waals surface area contributed by atoms with Crippen molar-refractivity contribution in [2.45, 2.75) is 57.7 Å². The van der Waals surface area contributed by atoms with Crippen molar-refractivity contribution in [2.24, 2.45) is 17.8 Å². The van der Waals surface area contributed by atoms with Gasteiger partial charge >= 0.3 is 0 Å². The van der Waals surface area contributed by atoms with Crippen molar-refractivity contribution in [1.29, 1.82) is 0 Å². The van der Waals surface area contributed by atoms with Crippen molar-refractivity contribution in [3.8, 4) is 0 Å². The van der Waals surface area contributed by atoms with Gasteiger partial charge < -0.3 is 0 Å². The molecular formula is C12H21B. The first-order chi connectivity index (χ1) is 6.25. The average molecular weight is 176 g/mol. The molecule has 0 saturated heterocycles. The Morgan fingerprint density at radius 3 is 2.38 bits per heavy atom. The van der Waals surface area contributed by atoms with Crippen LogP contribution in [0.5, 0.6) is 0 Å². The van der Waals surface area contributed by atoms with Crippen molar-refractivity contribution < 1.29 is 0 Å². The lowest BCUT2D eigenvalue weighted by atomic mass is 9.77. The van der Waals surface area contributed by atoms with E-state index in [4.69, 9.17) is 7.85 Å². The van der Waals surface area contributed by atoms with E-state index in [-0.39, 0.29) is 0 Å². The van der Waals surface area contributed by atoms with Gasteiger partial charge in [0, 0.05) is 0 Å². The first kappa shape index (κ1) is 9.61. The first-order valence-corrected chi connectivity index (χ1v) is 6.01. The van der Waals surface area contributed by atoms with Crippen molar-refractivity contribution in [1.82, 2.24) is 0 Å². The zero-order valence-corrected chi connectivity index (χ0v) is 8.84. The quantitative estimate of drug-likeness (QED) is 0.542. The standard InChI is InChI=1S/C12H21B/c1-9(8-10-3-4-10)2-7-12(13)11-5-6-11/h9-12H,2-8H2,1H3/t9-,12-/m0/s1. The molecule has 0 nitrogen and oxygen atoms in total. The van der Waals surface area contributed by atoms with Gasteiger partial charge in [0.05, 0.1) is 7.85 Å². The van der Waals surface area contributed by atoms with Crippen LogP contribution in [-0.4, -0.2) is 7.85 Å². The van der Waals surface area contributed by atoms with Crippen molar-refractivity contribution in [2.75, 3.05) is 0 Å². The summed E-state index contributed by atoms with van der Waals surface area (Å²) in [6.07, 6.45) is 9.92. The normalized spacial score (nSPS) is 27.2. The molecule has 0 unspecified atom stereocenters. The van der Waals surface area contributed by atoms with Gasteiger partial charge in [-0.05, 0) is 24.2 Å². The van der Waals surface area contributed by atoms with Gasteiger partial charge in [0.15, 0.2) is 0 Å². The molecule has 1 heteroatoms. The van der Waals surface area contributed by atoms with E-state index in [0.717, 1.165) is 17.8 Å². The Morgan fingerprint density at radius 2 is 1.85 bits per heavy atom. The third-order valence-corrected chi connectivity index (χ3v) is 3.65. The van der Waals surface area contributed by atoms with Crippen LogP contribution in [-0.2, 0) is 0 Å². The van der Waals surface area contributed by atoms with Crippen LogP contribution < -0.4 is 0 Å². The molecule has 2 aliphatic carbocycles. The Bertz CT molecular complexity index is 159. The van der Waals surface area contributed by atoms with Gasteiger partial charge in [-0.2, -0.15) is 0 Å². The fourth-order valence-electron chi connectivity index (χ4n) is 2.28. The first-order valence-electron chi connectivity index (χ1n) is 6.01. The summed E-state index contributed by atoms with van der Waals surface area (Å²) in [5.41, 5.74) is 0. The Labute approximate surface area is 83.9 Å². The number of rotatable bonds is 6. The summed E-state index contributed by atoms with van der Waals surface area (Å²) < 4.78 is 0. The summed E-state index contributed by atoms with van der Waals surface area (Å²) in [6, 6.07) is 0. The molecule has 0 heterocycles. The van der Waals surface area contributed by atoms with Crippen LogP contribution in [0.25, 0.3) is 0 Å². The van der Waals surface area contributed by atoms with Crippen molar-refractivity contribution >= 4 is 7.85 Å². The molecule has 2 aliphatic rings. The molecular weight excluding hydrogens is 155 g/mol. The largest absolute Gasteiger partial charge is 0.0746 e. The minimum absolute atomic E-state index is 0.529. The monoisotopic (exact) mass is 176 g/mol. The second-order valence-corrected chi connectivity index (χ2v) is 5.36. The molecule has 0 amide bonds. The smallest absolute Gasteiger partial charge is 0.0703 e. The number of hydrogen-bond donors (Lipinski definition) is 0. The molecule has 13 heavy (non-hydrogen) atoms. The van der Waals surface area contributed by atoms with Crippen LogP contribution in [0.3, 0.4) is 0 Å². The maximum absolute atomic E-state index is 6.07. The molecule has 0 aliphatic heterocycles. The van der Waals surface area contributed by atoms with E-state index in [9.17, 15) is 0 Å². The summed E-state index contributed by atoms with van der Waals surface area (Å²) in [5, 5.41) is 0. The fraction of sp³-hybridized carbons (Fsp3) is 1.00. The van der Waals surface area contributed by atoms with E-state index >= 15 is 0 Å². The van der Waals surface area contributed by atoms with Crippen LogP contribution >= 0.6 is 0 Å². The van der Waals surface area contributed by atoms with Crippen molar-refractivity contribution in [3.05, 3.63) is 0 Å². The summed E-state index contributed by atoms with van der Waals surface area (Å²) >= 11 is 0. The third-order valence-electron chi connectivity index (χ3n) is 3.65. The highest BCUT2D eigenvalue weighted by atomic mass is 14.3. The lowest BCUT2D eigenvalue weighted by Crippen LogP contribution is -2.01. The average Bonchev–Trinajstić information content (AvgIpc) is 2.90. The second-order valence-electron chi connectivity index (χ2n) is 5.36. The van der Waals surface area contributed by atoms with Gasteiger partial charge in [0.25, 0.3) is 0 Å². The van der Waals surface area contributed by atoms with Gasteiger partial charge in [-0.25, -0.2) is 0 Å². The van der Waals surface area contributed by atoms with E-state index in [1.807, 2.05) is 0 Å². The summed E-state index contributed by atoms with van der Waals surface area (Å²) in [7, 11) is 6.07. The predicted molar refractivity (Wildman–Crippen MR) is 58.0 cm³/mol. The topological polar surface area (TPSA) is 0 Å². The van der Waals surface area contributed by atoms with Gasteiger partial charge in [0.2, 0.25) is 0 Å². The lowest BCUT2D eigenvalue weighted by Gasteiger charge is -2.14. The van der Waals surface area contributed by atoms with Crippen molar-refractivity contribution in [3.63, 3.8) is 0 Å². The maximum atomic E-state index is 6.07. The molecule has 2 saturated carbocycles. The van der Waals surface area contributed by atoms with Gasteiger partial charge in [-0.1, -0.05) is 51.3 Å². The summed E-state index contributed by atoms with van der Waals surface area (Å²) in [5.74, 6) is 3.44. The van der Waals surface area contributed by atoms with Gasteiger partial charge in [-0.3, -0.25) is 0 Å². The van der Waals surface area contributed by atoms with E-state index in [1.54, 1.807) is 0 Å². The van der Waals surface area contributed by atoms with Crippen LogP contribution in [0.1, 0.15) is 51.9 Å². The zero-order chi connectivity index (χ0) is 9.26. The fourth-order valence-corrected chi connectivity index (χ4v) is 2.28. The highest BCUT2D eigenvalue weighted by Crippen LogP contribution is 2.42. The van der Waals surface area contributed by atoms with E-state index in [0.29, 0.717) is 5.82 Å². The zero-order valence-electron chi connectivity index (χ0n) is 8.84. The van der Waals surface area contributed by atoms with Crippen LogP contribution in [0, 0.1) is 17.8 Å². The maximum Gasteiger partial charge on any atom is 0.0703 e. The summed E-state index contributed by atoms with van der Waals surface area (Å²) in [6.45, 7) is 2.40. The summed E-state index contributed by atoms with van der Waals surface area (Å²) in [4.78, 5) is 0. The van der Waals surface area contributed by atoms with E-state index in [2.05, 4.69) is 6.92 Å². The van der Waals surface area contributed by atoms with E-state index < -0.39 is 0 Å². The molecule has 2 atom stereocenters. The molecule has 0 aromatic rings. The molecule has 0 aromatic heterocycles. The Hall–Kier alpha value is 0.0649. The molecule has 0 N–H and O–H groups in total. The highest BCUT2D eigenvalue weighted by Gasteiger charge is 2.28. The molecule has 2 radical (unpaired) electrons. The number of hydrogen-bond acceptors (Lipinski definition) is 0. The second kappa shape index (κ2) is 4.06. The van der Waals surface area contributed by atoms with Crippen LogP contribution in [0.2, 0.25) is 5.82 Å². The molecule has 0 spiro atoms. The Kier molecular flexibility index (Phi) is 3.01. The SMILES string of the molecule is [B][C@@H](CC[C@H](C)CC1CC1)C1CC1. The minimum atomic E-state index is 0.529. The molecule has 0 aromatic carbocycles. The van der Waals surface area contributed by atoms with Gasteiger partial charge in [-0.15, -0.1) is 0 Å². The van der Waals surface area contributed by atoms with Gasteiger partial charge in [0.1, 0.15) is 0 Å². The molecule has 0 bridgehead atoms. The lowest BCUT2D eigenvalue weighted by molar-refractivity contribution is 0.435. The highest BCUT2D eigenvalue weighted by molar-refractivity contribution is 6.12. The Morgan fingerprint density at radius 1 is 1.15 bits per heavy atom. The molecule has 2 rings (SSSR count). The molecule has 2 fully saturated rings. The third kappa shape index (κ3) is 3.36. The van der Waals surface area contributed by atoms with Crippen LogP contribution in [0.4, 0.5) is 0 Å². The Balaban J connectivity index is 1.54. The predicted octanol–water partition coefficient (Wildman–Crippen LogP) is 3.57. The van der Waals surface area contributed by atoms with Crippen LogP contribution in [0.15, 0.2) is 0 Å².